The molecule has 0 bridgehead atoms. The molecule has 108 valence electrons. The second-order valence-electron chi connectivity index (χ2n) is 6.36. The van der Waals surface area contributed by atoms with Crippen molar-refractivity contribution in [2.75, 3.05) is 13.2 Å². The van der Waals surface area contributed by atoms with E-state index >= 15 is 0 Å². The van der Waals surface area contributed by atoms with Crippen molar-refractivity contribution in [2.45, 2.75) is 72.4 Å². The molecule has 0 amide bonds. The smallest absolute Gasteiger partial charge is 0.0623 e. The van der Waals surface area contributed by atoms with Crippen molar-refractivity contribution in [3.05, 3.63) is 0 Å². The lowest BCUT2D eigenvalue weighted by Gasteiger charge is -2.37. The first-order valence-electron chi connectivity index (χ1n) is 7.93. The summed E-state index contributed by atoms with van der Waals surface area (Å²) in [5.74, 6) is 2.35. The Morgan fingerprint density at radius 2 is 1.94 bits per heavy atom. The van der Waals surface area contributed by atoms with Crippen LogP contribution >= 0.6 is 0 Å². The van der Waals surface area contributed by atoms with E-state index in [4.69, 9.17) is 4.74 Å². The molecule has 0 aliphatic heterocycles. The van der Waals surface area contributed by atoms with Crippen LogP contribution in [0.5, 0.6) is 0 Å². The number of hydrogen-bond acceptors (Lipinski definition) is 2. The maximum absolute atomic E-state index is 6.27. The van der Waals surface area contributed by atoms with Gasteiger partial charge in [-0.05, 0) is 43.6 Å². The topological polar surface area (TPSA) is 21.3 Å². The van der Waals surface area contributed by atoms with Crippen molar-refractivity contribution in [1.82, 2.24) is 5.32 Å². The first-order chi connectivity index (χ1) is 8.58. The van der Waals surface area contributed by atoms with Crippen molar-refractivity contribution in [1.29, 1.82) is 0 Å². The number of ether oxygens (including phenoxy) is 1. The van der Waals surface area contributed by atoms with Crippen LogP contribution in [0.3, 0.4) is 0 Å². The van der Waals surface area contributed by atoms with Crippen LogP contribution in [-0.2, 0) is 4.74 Å². The Morgan fingerprint density at radius 3 is 2.50 bits per heavy atom. The van der Waals surface area contributed by atoms with Crippen molar-refractivity contribution in [3.8, 4) is 0 Å². The SMILES string of the molecule is CCNC(CC)COC1CC(C)CCC1C(C)C. The van der Waals surface area contributed by atoms with Crippen molar-refractivity contribution >= 4 is 0 Å². The van der Waals surface area contributed by atoms with Gasteiger partial charge in [0.05, 0.1) is 12.7 Å². The summed E-state index contributed by atoms with van der Waals surface area (Å²) in [6, 6.07) is 0.528. The summed E-state index contributed by atoms with van der Waals surface area (Å²) in [5.41, 5.74) is 0. The van der Waals surface area contributed by atoms with Gasteiger partial charge in [0, 0.05) is 6.04 Å². The van der Waals surface area contributed by atoms with E-state index in [1.54, 1.807) is 0 Å². The van der Waals surface area contributed by atoms with Crippen LogP contribution in [0, 0.1) is 17.8 Å². The summed E-state index contributed by atoms with van der Waals surface area (Å²) in [4.78, 5) is 0. The fraction of sp³-hybridized carbons (Fsp3) is 1.00. The van der Waals surface area contributed by atoms with Gasteiger partial charge in [-0.3, -0.25) is 0 Å². The lowest BCUT2D eigenvalue weighted by molar-refractivity contribution is -0.0459. The van der Waals surface area contributed by atoms with Gasteiger partial charge in [-0.2, -0.15) is 0 Å². The maximum Gasteiger partial charge on any atom is 0.0623 e. The molecule has 0 spiro atoms. The predicted octanol–water partition coefficient (Wildman–Crippen LogP) is 3.85. The maximum atomic E-state index is 6.27. The molecule has 1 fully saturated rings. The molecule has 4 unspecified atom stereocenters. The highest BCUT2D eigenvalue weighted by Crippen LogP contribution is 2.35. The minimum absolute atomic E-state index is 0.487. The average molecular weight is 255 g/mol. The second-order valence-corrected chi connectivity index (χ2v) is 6.36. The Labute approximate surface area is 114 Å². The zero-order valence-corrected chi connectivity index (χ0v) is 13.0. The molecule has 0 saturated heterocycles. The molecule has 0 aromatic rings. The molecule has 0 radical (unpaired) electrons. The Balaban J connectivity index is 2.45. The van der Waals surface area contributed by atoms with Crippen molar-refractivity contribution in [2.24, 2.45) is 17.8 Å². The molecule has 0 aromatic carbocycles. The predicted molar refractivity (Wildman–Crippen MR) is 78.8 cm³/mol. The highest BCUT2D eigenvalue weighted by molar-refractivity contribution is 4.82. The van der Waals surface area contributed by atoms with Gasteiger partial charge in [0.2, 0.25) is 0 Å². The second kappa shape index (κ2) is 8.16. The molecule has 18 heavy (non-hydrogen) atoms. The summed E-state index contributed by atoms with van der Waals surface area (Å²) >= 11 is 0. The summed E-state index contributed by atoms with van der Waals surface area (Å²) in [6.07, 6.45) is 5.63. The van der Waals surface area contributed by atoms with E-state index in [0.717, 1.165) is 37.3 Å². The van der Waals surface area contributed by atoms with Gasteiger partial charge in [-0.1, -0.05) is 41.0 Å². The molecule has 1 saturated carbocycles. The first-order valence-corrected chi connectivity index (χ1v) is 7.93. The fourth-order valence-corrected chi connectivity index (χ4v) is 3.16. The van der Waals surface area contributed by atoms with Crippen LogP contribution in [0.1, 0.15) is 60.3 Å². The quantitative estimate of drug-likeness (QED) is 0.746. The van der Waals surface area contributed by atoms with E-state index in [1.807, 2.05) is 0 Å². The van der Waals surface area contributed by atoms with Crippen LogP contribution < -0.4 is 5.32 Å². The summed E-state index contributed by atoms with van der Waals surface area (Å²) < 4.78 is 6.27. The van der Waals surface area contributed by atoms with Crippen molar-refractivity contribution < 1.29 is 4.74 Å². The van der Waals surface area contributed by atoms with Crippen LogP contribution in [0.25, 0.3) is 0 Å². The summed E-state index contributed by atoms with van der Waals surface area (Å²) in [6.45, 7) is 13.4. The molecule has 0 heterocycles. The number of hydrogen-bond donors (Lipinski definition) is 1. The molecule has 1 rings (SSSR count). The Morgan fingerprint density at radius 1 is 1.22 bits per heavy atom. The minimum atomic E-state index is 0.487. The van der Waals surface area contributed by atoms with Gasteiger partial charge in [-0.15, -0.1) is 0 Å². The molecule has 1 N–H and O–H groups in total. The van der Waals surface area contributed by atoms with Gasteiger partial charge in [0.15, 0.2) is 0 Å². The van der Waals surface area contributed by atoms with Gasteiger partial charge in [0.1, 0.15) is 0 Å². The van der Waals surface area contributed by atoms with E-state index in [2.05, 4.69) is 39.9 Å². The highest BCUT2D eigenvalue weighted by atomic mass is 16.5. The normalized spacial score (nSPS) is 30.7. The fourth-order valence-electron chi connectivity index (χ4n) is 3.16. The van der Waals surface area contributed by atoms with E-state index < -0.39 is 0 Å². The van der Waals surface area contributed by atoms with Crippen molar-refractivity contribution in [3.63, 3.8) is 0 Å². The van der Waals surface area contributed by atoms with E-state index in [0.29, 0.717) is 12.1 Å². The minimum Gasteiger partial charge on any atom is -0.376 e. The Hall–Kier alpha value is -0.0800. The Bertz CT molecular complexity index is 217. The lowest BCUT2D eigenvalue weighted by atomic mass is 9.75. The molecule has 2 nitrogen and oxygen atoms in total. The number of rotatable bonds is 7. The van der Waals surface area contributed by atoms with E-state index in [1.165, 1.54) is 19.3 Å². The Kier molecular flexibility index (Phi) is 7.25. The molecule has 1 aliphatic rings. The standard InChI is InChI=1S/C16H33NO/c1-6-14(17-7-2)11-18-16-10-13(5)8-9-15(16)12(3)4/h12-17H,6-11H2,1-5H3. The van der Waals surface area contributed by atoms with E-state index in [9.17, 15) is 0 Å². The molecular weight excluding hydrogens is 222 g/mol. The summed E-state index contributed by atoms with van der Waals surface area (Å²) in [7, 11) is 0. The third-order valence-electron chi connectivity index (χ3n) is 4.46. The molecule has 4 atom stereocenters. The van der Waals surface area contributed by atoms with Gasteiger partial charge in [0.25, 0.3) is 0 Å². The average Bonchev–Trinajstić information content (AvgIpc) is 2.34. The van der Waals surface area contributed by atoms with Gasteiger partial charge < -0.3 is 10.1 Å². The van der Waals surface area contributed by atoms with Crippen LogP contribution in [0.4, 0.5) is 0 Å². The molecule has 0 aromatic heterocycles. The molecule has 1 aliphatic carbocycles. The largest absolute Gasteiger partial charge is 0.376 e. The third-order valence-corrected chi connectivity index (χ3v) is 4.46. The third kappa shape index (κ3) is 4.89. The zero-order valence-electron chi connectivity index (χ0n) is 13.0. The zero-order chi connectivity index (χ0) is 13.5. The van der Waals surface area contributed by atoms with E-state index in [-0.39, 0.29) is 0 Å². The first kappa shape index (κ1) is 16.0. The lowest BCUT2D eigenvalue weighted by Crippen LogP contribution is -2.39. The number of nitrogens with one attached hydrogen (secondary N) is 1. The molecule has 2 heteroatoms. The van der Waals surface area contributed by atoms with Crippen LogP contribution in [0.2, 0.25) is 0 Å². The van der Waals surface area contributed by atoms with Crippen LogP contribution in [0.15, 0.2) is 0 Å². The molecular formula is C16H33NO. The van der Waals surface area contributed by atoms with Gasteiger partial charge in [-0.25, -0.2) is 0 Å². The highest BCUT2D eigenvalue weighted by Gasteiger charge is 2.31. The van der Waals surface area contributed by atoms with Crippen LogP contribution in [-0.4, -0.2) is 25.3 Å². The summed E-state index contributed by atoms with van der Waals surface area (Å²) in [5, 5.41) is 3.50. The monoisotopic (exact) mass is 255 g/mol. The van der Waals surface area contributed by atoms with Gasteiger partial charge >= 0.3 is 0 Å². The number of likely N-dealkylation sites (N-methyl/N-ethyl adjacent to an activating group) is 1.